The highest BCUT2D eigenvalue weighted by molar-refractivity contribution is 6.24. The van der Waals surface area contributed by atoms with Crippen LogP contribution >= 0.6 is 0 Å². The Hall–Kier alpha value is -3.22. The van der Waals surface area contributed by atoms with E-state index in [-0.39, 0.29) is 12.4 Å². The predicted molar refractivity (Wildman–Crippen MR) is 105 cm³/mol. The number of alkyl halides is 3. The van der Waals surface area contributed by atoms with Crippen molar-refractivity contribution in [1.82, 2.24) is 0 Å². The molecular formula is C23H18F3NO3. The molecule has 1 aliphatic carbocycles. The van der Waals surface area contributed by atoms with Crippen molar-refractivity contribution in [1.29, 1.82) is 0 Å². The molecule has 2 aromatic carbocycles. The van der Waals surface area contributed by atoms with Gasteiger partial charge in [0, 0.05) is 28.3 Å². The number of hydrogen-bond acceptors (Lipinski definition) is 4. The standard InChI is InChI=1S/C23H18F3NO3/c1-3-30-22(29)17-12(2)27-20-15-6-4-5-7-16(15)21(28)19(20)18(17)13-8-10-14(11-9-13)23(24,25)26/h4-11,17-18H,3H2,1-2H3/t17?,18-/m0/s1. The zero-order valence-electron chi connectivity index (χ0n) is 16.3. The van der Waals surface area contributed by atoms with E-state index in [1.165, 1.54) is 12.1 Å². The second kappa shape index (κ2) is 7.23. The first-order chi connectivity index (χ1) is 14.2. The Kier molecular flexibility index (Phi) is 4.84. The van der Waals surface area contributed by atoms with E-state index >= 15 is 0 Å². The van der Waals surface area contributed by atoms with E-state index in [1.54, 1.807) is 38.1 Å². The fourth-order valence-electron chi connectivity index (χ4n) is 4.13. The molecule has 0 aromatic heterocycles. The van der Waals surface area contributed by atoms with Crippen molar-refractivity contribution in [2.75, 3.05) is 6.61 Å². The monoisotopic (exact) mass is 413 g/mol. The highest BCUT2D eigenvalue weighted by Gasteiger charge is 2.46. The summed E-state index contributed by atoms with van der Waals surface area (Å²) in [5, 5.41) is 0. The Labute approximate surface area is 171 Å². The molecule has 2 atom stereocenters. The van der Waals surface area contributed by atoms with Gasteiger partial charge in [0.2, 0.25) is 0 Å². The summed E-state index contributed by atoms with van der Waals surface area (Å²) >= 11 is 0. The number of nitrogens with zero attached hydrogens (tertiary/aromatic N) is 1. The van der Waals surface area contributed by atoms with Crippen LogP contribution in [0.15, 0.2) is 59.1 Å². The number of fused-ring (bicyclic) bond motifs is 2. The quantitative estimate of drug-likeness (QED) is 0.662. The molecule has 2 aromatic rings. The Bertz CT molecular complexity index is 1100. The molecule has 7 heteroatoms. The molecular weight excluding hydrogens is 395 g/mol. The maximum absolute atomic E-state index is 13.2. The van der Waals surface area contributed by atoms with Gasteiger partial charge in [0.1, 0.15) is 5.92 Å². The fourth-order valence-corrected chi connectivity index (χ4v) is 4.13. The number of halogens is 3. The Morgan fingerprint density at radius 2 is 1.70 bits per heavy atom. The molecule has 0 N–H and O–H groups in total. The molecule has 0 saturated heterocycles. The van der Waals surface area contributed by atoms with Crippen LogP contribution in [0, 0.1) is 5.92 Å². The van der Waals surface area contributed by atoms with Crippen LogP contribution in [-0.4, -0.2) is 24.1 Å². The highest BCUT2D eigenvalue weighted by atomic mass is 19.4. The van der Waals surface area contributed by atoms with Gasteiger partial charge in [0.05, 0.1) is 17.9 Å². The minimum atomic E-state index is -4.48. The van der Waals surface area contributed by atoms with Gasteiger partial charge in [-0.3, -0.25) is 14.6 Å². The summed E-state index contributed by atoms with van der Waals surface area (Å²) < 4.78 is 44.3. The van der Waals surface area contributed by atoms with Crippen LogP contribution < -0.4 is 0 Å². The number of esters is 1. The first-order valence-electron chi connectivity index (χ1n) is 9.51. The third-order valence-corrected chi connectivity index (χ3v) is 5.45. The fraction of sp³-hybridized carbons (Fsp3) is 0.261. The van der Waals surface area contributed by atoms with E-state index < -0.39 is 29.5 Å². The average molecular weight is 413 g/mol. The smallest absolute Gasteiger partial charge is 0.416 e. The highest BCUT2D eigenvalue weighted by Crippen LogP contribution is 2.48. The summed E-state index contributed by atoms with van der Waals surface area (Å²) in [5.74, 6) is -2.49. The van der Waals surface area contributed by atoms with Crippen LogP contribution in [0.2, 0.25) is 0 Å². The van der Waals surface area contributed by atoms with E-state index in [4.69, 9.17) is 4.74 Å². The molecule has 0 spiro atoms. The lowest BCUT2D eigenvalue weighted by molar-refractivity contribution is -0.146. The van der Waals surface area contributed by atoms with Gasteiger partial charge in [-0.05, 0) is 31.5 Å². The Morgan fingerprint density at radius 1 is 1.07 bits per heavy atom. The number of carbonyl (C=O) groups excluding carboxylic acids is 2. The Morgan fingerprint density at radius 3 is 2.30 bits per heavy atom. The number of Topliss-reactive ketones (excluding diaryl/α,β-unsaturated/α-hetero) is 1. The van der Waals surface area contributed by atoms with Gasteiger partial charge in [-0.25, -0.2) is 0 Å². The van der Waals surface area contributed by atoms with Crippen molar-refractivity contribution in [3.05, 3.63) is 76.4 Å². The van der Waals surface area contributed by atoms with Gasteiger partial charge in [-0.1, -0.05) is 36.4 Å². The topological polar surface area (TPSA) is 55.7 Å². The lowest BCUT2D eigenvalue weighted by Crippen LogP contribution is -2.35. The summed E-state index contributed by atoms with van der Waals surface area (Å²) in [6.07, 6.45) is -4.48. The first-order valence-corrected chi connectivity index (χ1v) is 9.51. The number of allylic oxidation sites excluding steroid dienone is 1. The number of aliphatic imine (C=N–C) groups is 1. The van der Waals surface area contributed by atoms with E-state index in [2.05, 4.69) is 4.99 Å². The molecule has 1 heterocycles. The number of ether oxygens (including phenoxy) is 1. The summed E-state index contributed by atoms with van der Waals surface area (Å²) in [7, 11) is 0. The van der Waals surface area contributed by atoms with E-state index in [0.29, 0.717) is 33.7 Å². The van der Waals surface area contributed by atoms with E-state index in [9.17, 15) is 22.8 Å². The number of ketones is 1. The SMILES string of the molecule is CCOC(=O)C1C(C)=NC2=C(C(=O)c3ccccc32)[C@H]1c1ccc(C(F)(F)F)cc1. The average Bonchev–Trinajstić information content (AvgIpc) is 2.99. The normalized spacial score (nSPS) is 20.6. The van der Waals surface area contributed by atoms with Crippen molar-refractivity contribution >= 4 is 23.2 Å². The molecule has 0 amide bonds. The van der Waals surface area contributed by atoms with Gasteiger partial charge in [-0.2, -0.15) is 13.2 Å². The van der Waals surface area contributed by atoms with Gasteiger partial charge in [0.15, 0.2) is 5.78 Å². The van der Waals surface area contributed by atoms with Crippen molar-refractivity contribution in [3.8, 4) is 0 Å². The molecule has 0 bridgehead atoms. The molecule has 4 nitrogen and oxygen atoms in total. The number of carbonyl (C=O) groups is 2. The molecule has 0 radical (unpaired) electrons. The summed E-state index contributed by atoms with van der Waals surface area (Å²) in [5.41, 5.74) is 2.02. The zero-order valence-corrected chi connectivity index (χ0v) is 16.3. The van der Waals surface area contributed by atoms with Gasteiger partial charge in [-0.15, -0.1) is 0 Å². The van der Waals surface area contributed by atoms with Gasteiger partial charge >= 0.3 is 12.1 Å². The second-order valence-corrected chi connectivity index (χ2v) is 7.22. The molecule has 30 heavy (non-hydrogen) atoms. The molecule has 1 unspecified atom stereocenters. The molecule has 2 aliphatic rings. The van der Waals surface area contributed by atoms with Crippen LogP contribution in [0.5, 0.6) is 0 Å². The van der Waals surface area contributed by atoms with Gasteiger partial charge in [0.25, 0.3) is 0 Å². The largest absolute Gasteiger partial charge is 0.465 e. The maximum Gasteiger partial charge on any atom is 0.416 e. The molecule has 0 saturated carbocycles. The zero-order chi connectivity index (χ0) is 21.6. The molecule has 0 fully saturated rings. The maximum atomic E-state index is 13.2. The minimum Gasteiger partial charge on any atom is -0.465 e. The molecule has 154 valence electrons. The third kappa shape index (κ3) is 3.14. The molecule has 4 rings (SSSR count). The number of hydrogen-bond donors (Lipinski definition) is 0. The van der Waals surface area contributed by atoms with Crippen LogP contribution in [-0.2, 0) is 15.7 Å². The van der Waals surface area contributed by atoms with Crippen LogP contribution in [0.25, 0.3) is 5.70 Å². The minimum absolute atomic E-state index is 0.141. The lowest BCUT2D eigenvalue weighted by Gasteiger charge is -2.30. The van der Waals surface area contributed by atoms with E-state index in [0.717, 1.165) is 12.1 Å². The van der Waals surface area contributed by atoms with Crippen LogP contribution in [0.3, 0.4) is 0 Å². The first kappa shape index (κ1) is 20.1. The number of rotatable bonds is 3. The molecule has 1 aliphatic heterocycles. The second-order valence-electron chi connectivity index (χ2n) is 7.22. The van der Waals surface area contributed by atoms with Crippen LogP contribution in [0.4, 0.5) is 13.2 Å². The number of benzene rings is 2. The van der Waals surface area contributed by atoms with Crippen LogP contribution in [0.1, 0.15) is 46.8 Å². The predicted octanol–water partition coefficient (Wildman–Crippen LogP) is 5.05. The summed E-state index contributed by atoms with van der Waals surface area (Å²) in [6.45, 7) is 3.48. The summed E-state index contributed by atoms with van der Waals surface area (Å²) in [4.78, 5) is 30.5. The van der Waals surface area contributed by atoms with Crippen molar-refractivity contribution < 1.29 is 27.5 Å². The van der Waals surface area contributed by atoms with Crippen molar-refractivity contribution in [2.45, 2.75) is 25.9 Å². The lowest BCUT2D eigenvalue weighted by atomic mass is 9.75. The third-order valence-electron chi connectivity index (χ3n) is 5.45. The Balaban J connectivity index is 1.88. The van der Waals surface area contributed by atoms with Crippen molar-refractivity contribution in [2.24, 2.45) is 10.9 Å². The van der Waals surface area contributed by atoms with Crippen molar-refractivity contribution in [3.63, 3.8) is 0 Å². The van der Waals surface area contributed by atoms with E-state index in [1.807, 2.05) is 0 Å². The summed E-state index contributed by atoms with van der Waals surface area (Å²) in [6, 6.07) is 11.6. The van der Waals surface area contributed by atoms with Gasteiger partial charge < -0.3 is 4.74 Å².